The van der Waals surface area contributed by atoms with Crippen LogP contribution in [0.5, 0.6) is 0 Å². The van der Waals surface area contributed by atoms with Crippen molar-refractivity contribution in [3.8, 4) is 0 Å². The van der Waals surface area contributed by atoms with Gasteiger partial charge in [0.1, 0.15) is 5.82 Å². The minimum Gasteiger partial charge on any atom is -0.378 e. The molecule has 1 aromatic rings. The Hall–Kier alpha value is -1.51. The molecule has 1 saturated carbocycles. The second-order valence-corrected chi connectivity index (χ2v) is 6.91. The summed E-state index contributed by atoms with van der Waals surface area (Å²) in [4.78, 5) is 13.8. The molecule has 0 unspecified atom stereocenters. The van der Waals surface area contributed by atoms with Crippen molar-refractivity contribution in [2.24, 2.45) is 5.73 Å². The summed E-state index contributed by atoms with van der Waals surface area (Å²) in [5.41, 5.74) is 5.36. The van der Waals surface area contributed by atoms with Gasteiger partial charge in [-0.1, -0.05) is 19.3 Å². The summed E-state index contributed by atoms with van der Waals surface area (Å²) >= 11 is 0. The van der Waals surface area contributed by atoms with Crippen LogP contribution in [0.15, 0.2) is 0 Å². The van der Waals surface area contributed by atoms with Crippen LogP contribution in [0.1, 0.15) is 57.7 Å². The van der Waals surface area contributed by atoms with Gasteiger partial charge in [-0.05, 0) is 26.7 Å². The highest BCUT2D eigenvalue weighted by molar-refractivity contribution is 5.35. The van der Waals surface area contributed by atoms with Crippen LogP contribution in [0.4, 0.5) is 11.9 Å². The molecule has 0 amide bonds. The largest absolute Gasteiger partial charge is 0.378 e. The second kappa shape index (κ2) is 12.0. The molecule has 0 spiro atoms. The smallest absolute Gasteiger partial charge is 0.227 e. The third kappa shape index (κ3) is 7.80. The van der Waals surface area contributed by atoms with Crippen molar-refractivity contribution in [1.82, 2.24) is 15.0 Å². The SMILES string of the molecule is CC(C)Nc1nc(NCCOCCOCCN)nc(C2CCCCC2)n1. The number of anilines is 2. The lowest BCUT2D eigenvalue weighted by Gasteiger charge is -2.21. The average molecular weight is 367 g/mol. The normalized spacial score (nSPS) is 15.4. The van der Waals surface area contributed by atoms with Crippen molar-refractivity contribution in [2.75, 3.05) is 50.2 Å². The van der Waals surface area contributed by atoms with Gasteiger partial charge >= 0.3 is 0 Å². The van der Waals surface area contributed by atoms with Crippen LogP contribution >= 0.6 is 0 Å². The Morgan fingerprint density at radius 2 is 1.65 bits per heavy atom. The zero-order valence-electron chi connectivity index (χ0n) is 16.2. The fourth-order valence-electron chi connectivity index (χ4n) is 2.98. The molecule has 0 aliphatic heterocycles. The van der Waals surface area contributed by atoms with Crippen molar-refractivity contribution in [2.45, 2.75) is 57.9 Å². The quantitative estimate of drug-likeness (QED) is 0.483. The number of aromatic nitrogens is 3. The van der Waals surface area contributed by atoms with Gasteiger partial charge in [0.25, 0.3) is 0 Å². The Kier molecular flexibility index (Phi) is 9.58. The van der Waals surface area contributed by atoms with Crippen molar-refractivity contribution in [3.63, 3.8) is 0 Å². The Bertz CT molecular complexity index is 508. The predicted molar refractivity (Wildman–Crippen MR) is 104 cm³/mol. The predicted octanol–water partition coefficient (Wildman–Crippen LogP) is 2.14. The van der Waals surface area contributed by atoms with Crippen LogP contribution in [0.3, 0.4) is 0 Å². The van der Waals surface area contributed by atoms with Crippen LogP contribution in [0, 0.1) is 0 Å². The molecule has 1 aliphatic rings. The van der Waals surface area contributed by atoms with E-state index in [0.29, 0.717) is 57.3 Å². The third-order valence-electron chi connectivity index (χ3n) is 4.20. The summed E-state index contributed by atoms with van der Waals surface area (Å²) in [6, 6.07) is 0.279. The fourth-order valence-corrected chi connectivity index (χ4v) is 2.98. The van der Waals surface area contributed by atoms with Crippen molar-refractivity contribution < 1.29 is 9.47 Å². The van der Waals surface area contributed by atoms with Gasteiger partial charge in [0.15, 0.2) is 0 Å². The molecule has 0 aromatic carbocycles. The van der Waals surface area contributed by atoms with Crippen LogP contribution in [-0.2, 0) is 9.47 Å². The molecule has 1 aromatic heterocycles. The molecule has 8 heteroatoms. The fraction of sp³-hybridized carbons (Fsp3) is 0.833. The molecule has 4 N–H and O–H groups in total. The highest BCUT2D eigenvalue weighted by atomic mass is 16.5. The van der Waals surface area contributed by atoms with Crippen LogP contribution < -0.4 is 16.4 Å². The van der Waals surface area contributed by atoms with E-state index in [1.165, 1.54) is 19.3 Å². The van der Waals surface area contributed by atoms with Gasteiger partial charge in [0.05, 0.1) is 26.4 Å². The van der Waals surface area contributed by atoms with Crippen molar-refractivity contribution in [3.05, 3.63) is 5.82 Å². The Balaban J connectivity index is 1.85. The maximum atomic E-state index is 5.53. The zero-order valence-corrected chi connectivity index (χ0v) is 16.2. The molecule has 0 saturated heterocycles. The van der Waals surface area contributed by atoms with E-state index in [1.54, 1.807) is 0 Å². The van der Waals surface area contributed by atoms with Gasteiger partial charge in [-0.2, -0.15) is 15.0 Å². The van der Waals surface area contributed by atoms with Gasteiger partial charge in [-0.15, -0.1) is 0 Å². The molecular formula is C18H34N6O2. The number of nitrogens with one attached hydrogen (secondary N) is 2. The number of hydrogen-bond donors (Lipinski definition) is 3. The third-order valence-corrected chi connectivity index (χ3v) is 4.20. The van der Waals surface area contributed by atoms with E-state index in [-0.39, 0.29) is 6.04 Å². The molecular weight excluding hydrogens is 332 g/mol. The van der Waals surface area contributed by atoms with Crippen molar-refractivity contribution in [1.29, 1.82) is 0 Å². The first-order chi connectivity index (χ1) is 12.7. The monoisotopic (exact) mass is 366 g/mol. The zero-order chi connectivity index (χ0) is 18.6. The van der Waals surface area contributed by atoms with Gasteiger partial charge in [-0.25, -0.2) is 0 Å². The van der Waals surface area contributed by atoms with Crippen LogP contribution in [0.25, 0.3) is 0 Å². The van der Waals surface area contributed by atoms with Gasteiger partial charge in [0.2, 0.25) is 11.9 Å². The first-order valence-electron chi connectivity index (χ1n) is 9.81. The Morgan fingerprint density at radius 3 is 2.35 bits per heavy atom. The first-order valence-corrected chi connectivity index (χ1v) is 9.81. The molecule has 1 fully saturated rings. The number of ether oxygens (including phenoxy) is 2. The lowest BCUT2D eigenvalue weighted by molar-refractivity contribution is 0.0547. The lowest BCUT2D eigenvalue weighted by atomic mass is 9.89. The molecule has 1 aliphatic carbocycles. The van der Waals surface area contributed by atoms with E-state index in [4.69, 9.17) is 15.2 Å². The van der Waals surface area contributed by atoms with Crippen LogP contribution in [0.2, 0.25) is 0 Å². The maximum absolute atomic E-state index is 5.53. The first kappa shape index (κ1) is 20.8. The van der Waals surface area contributed by atoms with Gasteiger partial charge in [0, 0.05) is 25.0 Å². The average Bonchev–Trinajstić information content (AvgIpc) is 2.64. The molecule has 0 radical (unpaired) electrons. The van der Waals surface area contributed by atoms with Crippen molar-refractivity contribution >= 4 is 11.9 Å². The van der Waals surface area contributed by atoms with Gasteiger partial charge < -0.3 is 25.8 Å². The van der Waals surface area contributed by atoms with Gasteiger partial charge in [-0.3, -0.25) is 0 Å². The van der Waals surface area contributed by atoms with E-state index in [1.807, 2.05) is 0 Å². The van der Waals surface area contributed by atoms with E-state index >= 15 is 0 Å². The van der Waals surface area contributed by atoms with E-state index in [2.05, 4.69) is 39.4 Å². The summed E-state index contributed by atoms with van der Waals surface area (Å²) < 4.78 is 10.8. The van der Waals surface area contributed by atoms with Crippen LogP contribution in [-0.4, -0.2) is 60.5 Å². The Morgan fingerprint density at radius 1 is 0.962 bits per heavy atom. The summed E-state index contributed by atoms with van der Waals surface area (Å²) in [7, 11) is 0. The number of nitrogens with two attached hydrogens (primary N) is 1. The molecule has 0 bridgehead atoms. The summed E-state index contributed by atoms with van der Waals surface area (Å²) in [6.07, 6.45) is 6.15. The minimum atomic E-state index is 0.279. The minimum absolute atomic E-state index is 0.279. The van der Waals surface area contributed by atoms with E-state index in [9.17, 15) is 0 Å². The topological polar surface area (TPSA) is 107 Å². The summed E-state index contributed by atoms with van der Waals surface area (Å²) in [5, 5.41) is 6.55. The molecule has 0 atom stereocenters. The molecule has 148 valence electrons. The molecule has 26 heavy (non-hydrogen) atoms. The molecule has 8 nitrogen and oxygen atoms in total. The highest BCUT2D eigenvalue weighted by Gasteiger charge is 2.20. The maximum Gasteiger partial charge on any atom is 0.227 e. The lowest BCUT2D eigenvalue weighted by Crippen LogP contribution is -2.20. The molecule has 1 heterocycles. The van der Waals surface area contributed by atoms with E-state index < -0.39 is 0 Å². The Labute approximate surface area is 156 Å². The summed E-state index contributed by atoms with van der Waals surface area (Å²) in [6.45, 7) is 7.62. The highest BCUT2D eigenvalue weighted by Crippen LogP contribution is 2.31. The number of hydrogen-bond acceptors (Lipinski definition) is 8. The van der Waals surface area contributed by atoms with E-state index in [0.717, 1.165) is 18.7 Å². The molecule has 2 rings (SSSR count). The summed E-state index contributed by atoms with van der Waals surface area (Å²) in [5.74, 6) is 2.61. The number of rotatable bonds is 12. The standard InChI is InChI=1S/C18H34N6O2/c1-14(2)21-18-23-16(15-6-4-3-5-7-15)22-17(24-18)20-9-11-26-13-12-25-10-8-19/h14-15H,3-13,19H2,1-2H3,(H2,20,21,22,23,24). The number of nitrogens with zero attached hydrogens (tertiary/aromatic N) is 3. The second-order valence-electron chi connectivity index (χ2n) is 6.91.